The van der Waals surface area contributed by atoms with E-state index in [0.717, 1.165) is 6.42 Å². The number of amides is 1. The van der Waals surface area contributed by atoms with Crippen LogP contribution in [0.4, 0.5) is 14.6 Å². The molecule has 2 aliphatic rings. The number of fused-ring (bicyclic) bond motifs is 3. The Bertz CT molecular complexity index is 1580. The number of rotatable bonds is 5. The number of nitrogens with zero attached hydrogens (tertiary/aromatic N) is 5. The van der Waals surface area contributed by atoms with E-state index in [-0.39, 0.29) is 34.2 Å². The van der Waals surface area contributed by atoms with E-state index in [2.05, 4.69) is 19.9 Å². The van der Waals surface area contributed by atoms with Crippen molar-refractivity contribution in [3.05, 3.63) is 71.7 Å². The second-order valence-electron chi connectivity index (χ2n) is 9.11. The summed E-state index contributed by atoms with van der Waals surface area (Å²) < 4.78 is 35.1. The highest BCUT2D eigenvalue weighted by Crippen LogP contribution is 2.40. The molecule has 6 rings (SSSR count). The van der Waals surface area contributed by atoms with Gasteiger partial charge in [0.1, 0.15) is 29.2 Å². The summed E-state index contributed by atoms with van der Waals surface area (Å²) in [6.07, 6.45) is 6.91. The normalized spacial score (nSPS) is 19.1. The van der Waals surface area contributed by atoms with Crippen molar-refractivity contribution in [2.45, 2.75) is 18.5 Å². The van der Waals surface area contributed by atoms with E-state index in [1.165, 1.54) is 12.4 Å². The van der Waals surface area contributed by atoms with Crippen molar-refractivity contribution < 1.29 is 18.3 Å². The molecule has 7 nitrogen and oxygen atoms in total. The van der Waals surface area contributed by atoms with Gasteiger partial charge in [-0.15, -0.1) is 0 Å². The molecule has 1 amide bonds. The van der Waals surface area contributed by atoms with Gasteiger partial charge in [0, 0.05) is 43.4 Å². The van der Waals surface area contributed by atoms with Crippen LogP contribution in [-0.4, -0.2) is 64.6 Å². The first-order valence-corrected chi connectivity index (χ1v) is 12.3. The highest BCUT2D eigenvalue weighted by atomic mass is 35.5. The van der Waals surface area contributed by atoms with Crippen LogP contribution in [0, 0.1) is 11.6 Å². The zero-order valence-electron chi connectivity index (χ0n) is 19.9. The fraction of sp³-hybridized carbons (Fsp3) is 0.259. The fourth-order valence-electron chi connectivity index (χ4n) is 5.38. The first kappa shape index (κ1) is 23.7. The molecule has 4 aromatic rings. The molecule has 0 saturated carbocycles. The highest BCUT2D eigenvalue weighted by Gasteiger charge is 2.49. The minimum atomic E-state index is -0.627. The maximum atomic E-state index is 15.9. The first-order chi connectivity index (χ1) is 18.0. The van der Waals surface area contributed by atoms with Crippen LogP contribution in [-0.2, 0) is 9.53 Å². The van der Waals surface area contributed by atoms with Crippen molar-refractivity contribution in [1.29, 1.82) is 0 Å². The Morgan fingerprint density at radius 3 is 2.89 bits per heavy atom. The first-order valence-electron chi connectivity index (χ1n) is 11.9. The van der Waals surface area contributed by atoms with Gasteiger partial charge in [-0.3, -0.25) is 9.78 Å². The third kappa shape index (κ3) is 3.81. The second kappa shape index (κ2) is 9.32. The Balaban J connectivity index is 1.35. The van der Waals surface area contributed by atoms with E-state index in [0.29, 0.717) is 47.2 Å². The molecule has 0 unspecified atom stereocenters. The number of anilines is 1. The summed E-state index contributed by atoms with van der Waals surface area (Å²) in [4.78, 5) is 29.6. The quantitative estimate of drug-likeness (QED) is 0.352. The van der Waals surface area contributed by atoms with Gasteiger partial charge in [-0.25, -0.2) is 18.7 Å². The molecule has 2 aromatic heterocycles. The molecule has 2 saturated heterocycles. The van der Waals surface area contributed by atoms with Crippen LogP contribution >= 0.6 is 11.6 Å². The number of carbonyl (C=O) groups excluding carboxylic acids is 1. The van der Waals surface area contributed by atoms with Crippen molar-refractivity contribution in [2.24, 2.45) is 0 Å². The van der Waals surface area contributed by atoms with Gasteiger partial charge in [0.25, 0.3) is 0 Å². The van der Waals surface area contributed by atoms with Crippen LogP contribution in [0.15, 0.2) is 55.0 Å². The number of benzene rings is 2. The van der Waals surface area contributed by atoms with Crippen molar-refractivity contribution in [3.63, 3.8) is 0 Å². The summed E-state index contributed by atoms with van der Waals surface area (Å²) >= 11 is 6.27. The number of halogens is 3. The molecule has 0 bridgehead atoms. The van der Waals surface area contributed by atoms with Gasteiger partial charge < -0.3 is 14.5 Å². The predicted molar refractivity (Wildman–Crippen MR) is 137 cm³/mol. The maximum Gasteiger partial charge on any atom is 0.246 e. The molecule has 0 aliphatic carbocycles. The fourth-order valence-corrected chi connectivity index (χ4v) is 5.65. The molecule has 2 fully saturated rings. The van der Waals surface area contributed by atoms with Crippen molar-refractivity contribution in [1.82, 2.24) is 19.9 Å². The number of hydrogen-bond acceptors (Lipinski definition) is 6. The lowest BCUT2D eigenvalue weighted by molar-refractivity contribution is -0.127. The Kier molecular flexibility index (Phi) is 5.97. The van der Waals surface area contributed by atoms with Crippen LogP contribution in [0.2, 0.25) is 5.02 Å². The highest BCUT2D eigenvalue weighted by molar-refractivity contribution is 6.36. The number of hydrogen-bond donors (Lipinski definition) is 0. The SMILES string of the molecule is COC/C=C/C(=O)N1CC[C@@H]2[C@H]1CN2c1ncnc2c(F)c(-c3cccc4ccc(F)c(Cl)c34)ncc12. The summed E-state index contributed by atoms with van der Waals surface area (Å²) in [5, 5.41) is 1.47. The molecule has 0 N–H and O–H groups in total. The minimum absolute atomic E-state index is 0.0391. The Morgan fingerprint density at radius 2 is 2.05 bits per heavy atom. The number of aromatic nitrogens is 3. The Morgan fingerprint density at radius 1 is 1.19 bits per heavy atom. The van der Waals surface area contributed by atoms with Gasteiger partial charge in [0.05, 0.1) is 29.1 Å². The van der Waals surface area contributed by atoms with Gasteiger partial charge >= 0.3 is 0 Å². The van der Waals surface area contributed by atoms with Crippen molar-refractivity contribution in [3.8, 4) is 11.3 Å². The molecule has 2 aliphatic heterocycles. The minimum Gasteiger partial charge on any atom is -0.381 e. The number of pyridine rings is 1. The molecule has 2 atom stereocenters. The van der Waals surface area contributed by atoms with E-state index in [1.807, 2.05) is 4.90 Å². The summed E-state index contributed by atoms with van der Waals surface area (Å²) in [5.74, 6) is -0.676. The number of likely N-dealkylation sites (tertiary alicyclic amines) is 1. The third-order valence-corrected chi connectivity index (χ3v) is 7.53. The Hall–Kier alpha value is -3.69. The molecular weight excluding hydrogens is 500 g/mol. The molecule has 10 heteroatoms. The Labute approximate surface area is 216 Å². The van der Waals surface area contributed by atoms with Crippen LogP contribution < -0.4 is 4.90 Å². The summed E-state index contributed by atoms with van der Waals surface area (Å²) in [6.45, 7) is 1.61. The molecule has 4 heterocycles. The van der Waals surface area contributed by atoms with Gasteiger partial charge in [0.2, 0.25) is 5.91 Å². The average Bonchev–Trinajstić information content (AvgIpc) is 3.22. The van der Waals surface area contributed by atoms with Gasteiger partial charge in [-0.2, -0.15) is 0 Å². The lowest BCUT2D eigenvalue weighted by Gasteiger charge is -2.47. The molecule has 0 spiro atoms. The van der Waals surface area contributed by atoms with Gasteiger partial charge in [0.15, 0.2) is 5.82 Å². The largest absolute Gasteiger partial charge is 0.381 e. The molecule has 188 valence electrons. The zero-order chi connectivity index (χ0) is 25.7. The van der Waals surface area contributed by atoms with Gasteiger partial charge in [-0.1, -0.05) is 41.9 Å². The van der Waals surface area contributed by atoms with E-state index in [1.54, 1.807) is 49.7 Å². The molecule has 2 aromatic carbocycles. The van der Waals surface area contributed by atoms with Crippen molar-refractivity contribution >= 4 is 45.0 Å². The van der Waals surface area contributed by atoms with Crippen LogP contribution in [0.5, 0.6) is 0 Å². The summed E-state index contributed by atoms with van der Waals surface area (Å²) in [5.41, 5.74) is 0.547. The van der Waals surface area contributed by atoms with E-state index >= 15 is 4.39 Å². The van der Waals surface area contributed by atoms with Crippen molar-refractivity contribution in [2.75, 3.05) is 31.7 Å². The van der Waals surface area contributed by atoms with E-state index < -0.39 is 11.6 Å². The lowest BCUT2D eigenvalue weighted by atomic mass is 9.96. The standard InChI is InChI=1S/C27H22ClF2N5O2/c1-37-11-3-6-21(36)34-10-9-19-20(34)13-35(19)27-17-12-31-25(24(30)26(17)32-14-33-27)16-5-2-4-15-7-8-18(29)23(28)22(15)16/h2-8,12,14,19-20H,9-11,13H2,1H3/b6-3+/t19-,20-/m1/s1. The number of carbonyl (C=O) groups is 1. The molecule has 0 radical (unpaired) electrons. The average molecular weight is 522 g/mol. The number of ether oxygens (including phenoxy) is 1. The third-order valence-electron chi connectivity index (χ3n) is 7.16. The molecular formula is C27H22ClF2N5O2. The predicted octanol–water partition coefficient (Wildman–Crippen LogP) is 4.77. The second-order valence-corrected chi connectivity index (χ2v) is 9.49. The van der Waals surface area contributed by atoms with E-state index in [4.69, 9.17) is 16.3 Å². The number of methoxy groups -OCH3 is 1. The summed E-state index contributed by atoms with van der Waals surface area (Å²) in [6, 6.07) is 8.23. The van der Waals surface area contributed by atoms with Crippen LogP contribution in [0.25, 0.3) is 32.9 Å². The smallest absolute Gasteiger partial charge is 0.246 e. The van der Waals surface area contributed by atoms with Crippen LogP contribution in [0.1, 0.15) is 6.42 Å². The monoisotopic (exact) mass is 521 g/mol. The molecule has 37 heavy (non-hydrogen) atoms. The maximum absolute atomic E-state index is 15.9. The van der Waals surface area contributed by atoms with E-state index in [9.17, 15) is 9.18 Å². The van der Waals surface area contributed by atoms with Gasteiger partial charge in [-0.05, 0) is 17.9 Å². The summed E-state index contributed by atoms with van der Waals surface area (Å²) in [7, 11) is 1.58. The zero-order valence-corrected chi connectivity index (χ0v) is 20.6. The lowest BCUT2D eigenvalue weighted by Crippen LogP contribution is -2.63. The topological polar surface area (TPSA) is 71.5 Å². The van der Waals surface area contributed by atoms with Crippen LogP contribution in [0.3, 0.4) is 0 Å².